The van der Waals surface area contributed by atoms with Gasteiger partial charge in [-0.3, -0.25) is 14.9 Å². The van der Waals surface area contributed by atoms with Crippen LogP contribution in [0.25, 0.3) is 0 Å². The molecule has 0 amide bonds. The number of nitrogens with one attached hydrogen (secondary N) is 1. The molecule has 0 aromatic heterocycles. The molecule has 1 N–H and O–H groups in total. The lowest BCUT2D eigenvalue weighted by Gasteiger charge is -2.16. The average molecular weight is 227 g/mol. The Morgan fingerprint density at radius 2 is 2.20 bits per heavy atom. The van der Waals surface area contributed by atoms with Crippen molar-refractivity contribution in [2.45, 2.75) is 6.42 Å². The van der Waals surface area contributed by atoms with Crippen LogP contribution in [0.2, 0.25) is 5.02 Å². The number of halogens is 1. The molecule has 0 fully saturated rings. The molecule has 1 aromatic rings. The molecule has 1 aromatic carbocycles. The summed E-state index contributed by atoms with van der Waals surface area (Å²) in [6.07, 6.45) is 0.353. The second-order valence-corrected chi connectivity index (χ2v) is 3.58. The van der Waals surface area contributed by atoms with Crippen LogP contribution in [0.3, 0.4) is 0 Å². The van der Waals surface area contributed by atoms with Crippen molar-refractivity contribution in [1.29, 1.82) is 0 Å². The van der Waals surface area contributed by atoms with Gasteiger partial charge in [-0.1, -0.05) is 11.6 Å². The predicted molar refractivity (Wildman–Crippen MR) is 55.5 cm³/mol. The molecule has 0 radical (unpaired) electrons. The third-order valence-electron chi connectivity index (χ3n) is 2.27. The number of ketones is 1. The summed E-state index contributed by atoms with van der Waals surface area (Å²) in [5.41, 5.74) is 0.364. The van der Waals surface area contributed by atoms with E-state index in [2.05, 4.69) is 5.32 Å². The van der Waals surface area contributed by atoms with Crippen LogP contribution in [0, 0.1) is 10.1 Å². The number of hydrogen-bond donors (Lipinski definition) is 1. The summed E-state index contributed by atoms with van der Waals surface area (Å²) in [6, 6.07) is 2.89. The highest BCUT2D eigenvalue weighted by Crippen LogP contribution is 2.37. The summed E-state index contributed by atoms with van der Waals surface area (Å²) in [7, 11) is 0. The van der Waals surface area contributed by atoms with Crippen LogP contribution in [0.15, 0.2) is 12.1 Å². The topological polar surface area (TPSA) is 72.2 Å². The summed E-state index contributed by atoms with van der Waals surface area (Å²) in [5, 5.41) is 13.6. The Kier molecular flexibility index (Phi) is 2.32. The Labute approximate surface area is 90.2 Å². The number of fused-ring (bicyclic) bond motifs is 1. The van der Waals surface area contributed by atoms with E-state index in [1.807, 2.05) is 0 Å². The fourth-order valence-corrected chi connectivity index (χ4v) is 1.82. The number of carbonyl (C=O) groups excluding carboxylic acids is 1. The van der Waals surface area contributed by atoms with Gasteiger partial charge in [-0.25, -0.2) is 0 Å². The Bertz CT molecular complexity index is 459. The van der Waals surface area contributed by atoms with E-state index in [0.717, 1.165) is 0 Å². The van der Waals surface area contributed by atoms with Crippen LogP contribution in [0.5, 0.6) is 0 Å². The maximum absolute atomic E-state index is 11.5. The van der Waals surface area contributed by atoms with Gasteiger partial charge in [0.1, 0.15) is 10.7 Å². The van der Waals surface area contributed by atoms with Crippen molar-refractivity contribution in [3.63, 3.8) is 0 Å². The highest BCUT2D eigenvalue weighted by molar-refractivity contribution is 6.33. The Morgan fingerprint density at radius 1 is 1.47 bits per heavy atom. The molecule has 1 aliphatic heterocycles. The second kappa shape index (κ2) is 3.51. The quantitative estimate of drug-likeness (QED) is 0.589. The van der Waals surface area contributed by atoms with Crippen molar-refractivity contribution in [3.05, 3.63) is 32.8 Å². The van der Waals surface area contributed by atoms with E-state index in [1.165, 1.54) is 12.1 Å². The minimum Gasteiger partial charge on any atom is -0.378 e. The molecule has 6 heteroatoms. The van der Waals surface area contributed by atoms with Crippen LogP contribution in [-0.2, 0) is 0 Å². The molecule has 0 unspecified atom stereocenters. The normalized spacial score (nSPS) is 14.3. The van der Waals surface area contributed by atoms with Gasteiger partial charge in [-0.2, -0.15) is 0 Å². The first-order valence-electron chi connectivity index (χ1n) is 4.35. The zero-order valence-electron chi connectivity index (χ0n) is 7.62. The zero-order chi connectivity index (χ0) is 11.0. The summed E-state index contributed by atoms with van der Waals surface area (Å²) in [6.45, 7) is 0.410. The summed E-state index contributed by atoms with van der Waals surface area (Å²) in [4.78, 5) is 21.7. The molecule has 0 saturated carbocycles. The highest BCUT2D eigenvalue weighted by Gasteiger charge is 2.27. The molecule has 0 saturated heterocycles. The van der Waals surface area contributed by atoms with Crippen molar-refractivity contribution in [2.24, 2.45) is 0 Å². The molecule has 0 atom stereocenters. The molecule has 0 spiro atoms. The van der Waals surface area contributed by atoms with Gasteiger partial charge in [0.15, 0.2) is 5.78 Å². The van der Waals surface area contributed by atoms with Gasteiger partial charge in [0.2, 0.25) is 0 Å². The molecular weight excluding hydrogens is 220 g/mol. The summed E-state index contributed by atoms with van der Waals surface area (Å²) >= 11 is 5.71. The minimum atomic E-state index is -0.577. The number of hydrogen-bond acceptors (Lipinski definition) is 4. The second-order valence-electron chi connectivity index (χ2n) is 3.18. The monoisotopic (exact) mass is 226 g/mol. The van der Waals surface area contributed by atoms with Crippen molar-refractivity contribution in [3.8, 4) is 0 Å². The average Bonchev–Trinajstić information content (AvgIpc) is 2.17. The first-order valence-corrected chi connectivity index (χ1v) is 4.73. The molecule has 2 rings (SSSR count). The third-order valence-corrected chi connectivity index (χ3v) is 2.57. The Hall–Kier alpha value is -1.62. The van der Waals surface area contributed by atoms with Gasteiger partial charge in [0.25, 0.3) is 0 Å². The van der Waals surface area contributed by atoms with E-state index in [4.69, 9.17) is 11.6 Å². The SMILES string of the molecule is O=C1CCNc2c1ccc(Cl)c2[N+](=O)[O-]. The number of rotatable bonds is 1. The number of carbonyl (C=O) groups is 1. The van der Waals surface area contributed by atoms with E-state index >= 15 is 0 Å². The van der Waals surface area contributed by atoms with E-state index in [-0.39, 0.29) is 22.2 Å². The van der Waals surface area contributed by atoms with Crippen LogP contribution in [0.1, 0.15) is 16.8 Å². The smallest absolute Gasteiger partial charge is 0.311 e. The maximum Gasteiger partial charge on any atom is 0.311 e. The number of nitro benzene ring substituents is 1. The van der Waals surface area contributed by atoms with Crippen molar-refractivity contribution < 1.29 is 9.72 Å². The fourth-order valence-electron chi connectivity index (χ4n) is 1.59. The third kappa shape index (κ3) is 1.55. The predicted octanol–water partition coefficient (Wildman–Crippen LogP) is 2.25. The van der Waals surface area contributed by atoms with Gasteiger partial charge in [0.05, 0.1) is 4.92 Å². The molecule has 5 nitrogen and oxygen atoms in total. The van der Waals surface area contributed by atoms with Crippen molar-refractivity contribution in [1.82, 2.24) is 0 Å². The first kappa shape index (κ1) is 9.92. The van der Waals surface area contributed by atoms with E-state index in [1.54, 1.807) is 0 Å². The lowest BCUT2D eigenvalue weighted by molar-refractivity contribution is -0.383. The largest absolute Gasteiger partial charge is 0.378 e. The number of nitrogens with zero attached hydrogens (tertiary/aromatic N) is 1. The summed E-state index contributed by atoms with van der Waals surface area (Å²) < 4.78 is 0. The molecule has 0 bridgehead atoms. The molecule has 1 heterocycles. The molecule has 0 aliphatic carbocycles. The molecular formula is C9H7ClN2O3. The number of nitro groups is 1. The van der Waals surface area contributed by atoms with E-state index < -0.39 is 4.92 Å². The summed E-state index contributed by atoms with van der Waals surface area (Å²) in [5.74, 6) is -0.0940. The fraction of sp³-hybridized carbons (Fsp3) is 0.222. The van der Waals surface area contributed by atoms with Crippen molar-refractivity contribution >= 4 is 28.8 Å². The molecule has 78 valence electrons. The van der Waals surface area contributed by atoms with Crippen LogP contribution < -0.4 is 5.32 Å². The highest BCUT2D eigenvalue weighted by atomic mass is 35.5. The van der Waals surface area contributed by atoms with E-state index in [9.17, 15) is 14.9 Å². The lowest BCUT2D eigenvalue weighted by atomic mass is 10.0. The van der Waals surface area contributed by atoms with Crippen LogP contribution in [0.4, 0.5) is 11.4 Å². The van der Waals surface area contributed by atoms with Gasteiger partial charge < -0.3 is 5.32 Å². The van der Waals surface area contributed by atoms with Gasteiger partial charge in [-0.05, 0) is 12.1 Å². The first-order chi connectivity index (χ1) is 7.11. The lowest BCUT2D eigenvalue weighted by Crippen LogP contribution is -2.19. The van der Waals surface area contributed by atoms with Crippen LogP contribution >= 0.6 is 11.6 Å². The standard InChI is InChI=1S/C9H7ClN2O3/c10-6-2-1-5-7(13)3-4-11-8(5)9(6)12(14)15/h1-2,11H,3-4H2. The number of anilines is 1. The number of benzene rings is 1. The van der Waals surface area contributed by atoms with Crippen molar-refractivity contribution in [2.75, 3.05) is 11.9 Å². The molecule has 1 aliphatic rings. The Morgan fingerprint density at radius 3 is 2.87 bits per heavy atom. The maximum atomic E-state index is 11.5. The molecule has 15 heavy (non-hydrogen) atoms. The van der Waals surface area contributed by atoms with Crippen LogP contribution in [-0.4, -0.2) is 17.3 Å². The minimum absolute atomic E-state index is 0.0425. The van der Waals surface area contributed by atoms with Gasteiger partial charge in [0, 0.05) is 18.5 Å². The van der Waals surface area contributed by atoms with E-state index in [0.29, 0.717) is 18.5 Å². The van der Waals surface area contributed by atoms with Gasteiger partial charge in [-0.15, -0.1) is 0 Å². The number of Topliss-reactive ketones (excluding diaryl/α,β-unsaturated/α-hetero) is 1. The van der Waals surface area contributed by atoms with Gasteiger partial charge >= 0.3 is 5.69 Å². The zero-order valence-corrected chi connectivity index (χ0v) is 8.37. The Balaban J connectivity index is 2.68.